The molecular formula is C27H23ClN2O6. The van der Waals surface area contributed by atoms with Crippen LogP contribution in [0.25, 0.3) is 0 Å². The quantitative estimate of drug-likeness (QED) is 0.197. The summed E-state index contributed by atoms with van der Waals surface area (Å²) >= 11 is 5.98. The van der Waals surface area contributed by atoms with Gasteiger partial charge in [0.15, 0.2) is 5.76 Å². The van der Waals surface area contributed by atoms with E-state index in [9.17, 15) is 14.9 Å². The van der Waals surface area contributed by atoms with Crippen LogP contribution in [-0.4, -0.2) is 10.8 Å². The SMILES string of the molecule is Cc1ccc(OCc2ccc(C(=O)Nc3cc(Oc4ccc(Cl)cc4C)cc([N+](=O)[O-])c3)o2)cc1C. The molecule has 0 aliphatic carbocycles. The molecule has 9 heteroatoms. The average Bonchev–Trinajstić information content (AvgIpc) is 3.31. The molecule has 184 valence electrons. The summed E-state index contributed by atoms with van der Waals surface area (Å²) in [5.41, 5.74) is 2.97. The molecule has 0 spiro atoms. The van der Waals surface area contributed by atoms with Crippen molar-refractivity contribution < 1.29 is 23.6 Å². The van der Waals surface area contributed by atoms with E-state index in [1.54, 1.807) is 31.2 Å². The summed E-state index contributed by atoms with van der Waals surface area (Å²) in [7, 11) is 0. The van der Waals surface area contributed by atoms with Crippen molar-refractivity contribution in [3.05, 3.63) is 110 Å². The second kappa shape index (κ2) is 10.5. The van der Waals surface area contributed by atoms with Gasteiger partial charge in [-0.15, -0.1) is 0 Å². The normalized spacial score (nSPS) is 10.7. The van der Waals surface area contributed by atoms with Gasteiger partial charge in [0.2, 0.25) is 0 Å². The third-order valence-electron chi connectivity index (χ3n) is 5.47. The molecule has 1 aromatic heterocycles. The highest BCUT2D eigenvalue weighted by molar-refractivity contribution is 6.30. The number of hydrogen-bond donors (Lipinski definition) is 1. The maximum absolute atomic E-state index is 12.8. The van der Waals surface area contributed by atoms with E-state index in [1.165, 1.54) is 24.3 Å². The van der Waals surface area contributed by atoms with E-state index in [0.717, 1.165) is 16.7 Å². The summed E-state index contributed by atoms with van der Waals surface area (Å²) < 4.78 is 17.2. The number of aryl methyl sites for hydroxylation is 3. The molecule has 8 nitrogen and oxygen atoms in total. The fourth-order valence-electron chi connectivity index (χ4n) is 3.40. The first-order valence-corrected chi connectivity index (χ1v) is 11.4. The highest BCUT2D eigenvalue weighted by Crippen LogP contribution is 2.32. The molecule has 3 aromatic carbocycles. The Morgan fingerprint density at radius 3 is 2.47 bits per heavy atom. The van der Waals surface area contributed by atoms with Gasteiger partial charge in [0.05, 0.1) is 16.7 Å². The summed E-state index contributed by atoms with van der Waals surface area (Å²) in [5, 5.41) is 14.6. The van der Waals surface area contributed by atoms with Crippen LogP contribution >= 0.6 is 11.6 Å². The van der Waals surface area contributed by atoms with Crippen LogP contribution in [0.15, 0.2) is 71.1 Å². The lowest BCUT2D eigenvalue weighted by molar-refractivity contribution is -0.384. The Balaban J connectivity index is 1.47. The second-order valence-electron chi connectivity index (χ2n) is 8.24. The summed E-state index contributed by atoms with van der Waals surface area (Å²) in [6.07, 6.45) is 0. The van der Waals surface area contributed by atoms with Gasteiger partial charge in [-0.25, -0.2) is 0 Å². The zero-order valence-electron chi connectivity index (χ0n) is 19.8. The molecule has 0 atom stereocenters. The van der Waals surface area contributed by atoms with Gasteiger partial charge in [0, 0.05) is 17.2 Å². The molecule has 4 aromatic rings. The van der Waals surface area contributed by atoms with Crippen LogP contribution < -0.4 is 14.8 Å². The van der Waals surface area contributed by atoms with E-state index < -0.39 is 10.8 Å². The molecule has 1 amide bonds. The van der Waals surface area contributed by atoms with Crippen LogP contribution in [0.4, 0.5) is 11.4 Å². The maximum atomic E-state index is 12.8. The van der Waals surface area contributed by atoms with Crippen LogP contribution in [0.3, 0.4) is 0 Å². The maximum Gasteiger partial charge on any atom is 0.291 e. The fourth-order valence-corrected chi connectivity index (χ4v) is 3.63. The number of benzene rings is 3. The van der Waals surface area contributed by atoms with Crippen LogP contribution in [-0.2, 0) is 6.61 Å². The molecule has 4 rings (SSSR count). The summed E-state index contributed by atoms with van der Waals surface area (Å²) in [6.45, 7) is 5.97. The second-order valence-corrected chi connectivity index (χ2v) is 8.68. The number of nitrogens with one attached hydrogen (secondary N) is 1. The van der Waals surface area contributed by atoms with Gasteiger partial charge in [-0.3, -0.25) is 14.9 Å². The third kappa shape index (κ3) is 6.03. The number of nitrogens with zero attached hydrogens (tertiary/aromatic N) is 1. The number of ether oxygens (including phenoxy) is 2. The molecule has 1 heterocycles. The Morgan fingerprint density at radius 1 is 0.944 bits per heavy atom. The Morgan fingerprint density at radius 2 is 1.75 bits per heavy atom. The van der Waals surface area contributed by atoms with Crippen LogP contribution in [0.2, 0.25) is 5.02 Å². The first-order chi connectivity index (χ1) is 17.2. The zero-order valence-corrected chi connectivity index (χ0v) is 20.6. The van der Waals surface area contributed by atoms with Crippen molar-refractivity contribution in [3.8, 4) is 17.2 Å². The van der Waals surface area contributed by atoms with Gasteiger partial charge in [0.25, 0.3) is 11.6 Å². The van der Waals surface area contributed by atoms with Gasteiger partial charge in [-0.2, -0.15) is 0 Å². The van der Waals surface area contributed by atoms with E-state index in [1.807, 2.05) is 32.0 Å². The Bertz CT molecular complexity index is 1450. The molecule has 0 aliphatic rings. The number of nitro benzene ring substituents is 1. The number of non-ortho nitro benzene ring substituents is 1. The molecule has 36 heavy (non-hydrogen) atoms. The summed E-state index contributed by atoms with van der Waals surface area (Å²) in [6, 6.07) is 18.0. The van der Waals surface area contributed by atoms with Crippen LogP contribution in [0.5, 0.6) is 17.2 Å². The van der Waals surface area contributed by atoms with Crippen molar-refractivity contribution in [3.63, 3.8) is 0 Å². The topological polar surface area (TPSA) is 104 Å². The number of rotatable bonds is 8. The highest BCUT2D eigenvalue weighted by atomic mass is 35.5. The standard InChI is InChI=1S/C27H23ClN2O6/c1-16-4-6-22(11-17(16)2)34-15-23-7-9-26(35-23)27(31)29-20-12-21(30(32)33)14-24(13-20)36-25-8-5-19(28)10-18(25)3/h4-14H,15H2,1-3H3,(H,29,31). The minimum atomic E-state index is -0.568. The first kappa shape index (κ1) is 24.8. The molecule has 0 bridgehead atoms. The van der Waals surface area contributed by atoms with Crippen molar-refractivity contribution in [2.24, 2.45) is 0 Å². The predicted octanol–water partition coefficient (Wildman–Crippen LogP) is 7.39. The van der Waals surface area contributed by atoms with Crippen molar-refractivity contribution in [2.75, 3.05) is 5.32 Å². The number of carbonyl (C=O) groups is 1. The number of amides is 1. The Hall–Kier alpha value is -4.30. The molecule has 0 saturated carbocycles. The summed E-state index contributed by atoms with van der Waals surface area (Å²) in [4.78, 5) is 23.6. The average molecular weight is 507 g/mol. The minimum Gasteiger partial charge on any atom is -0.486 e. The van der Waals surface area contributed by atoms with Crippen molar-refractivity contribution in [2.45, 2.75) is 27.4 Å². The Labute approximate surface area is 212 Å². The number of furan rings is 1. The van der Waals surface area contributed by atoms with Gasteiger partial charge in [0.1, 0.15) is 29.6 Å². The fraction of sp³-hybridized carbons (Fsp3) is 0.148. The minimum absolute atomic E-state index is 0.0382. The number of nitro groups is 1. The van der Waals surface area contributed by atoms with Crippen LogP contribution in [0.1, 0.15) is 33.0 Å². The van der Waals surface area contributed by atoms with Crippen molar-refractivity contribution >= 4 is 28.9 Å². The van der Waals surface area contributed by atoms with Crippen LogP contribution in [0, 0.1) is 30.9 Å². The van der Waals surface area contributed by atoms with E-state index in [4.69, 9.17) is 25.5 Å². The smallest absolute Gasteiger partial charge is 0.291 e. The number of halogens is 1. The molecule has 0 unspecified atom stereocenters. The van der Waals surface area contributed by atoms with Gasteiger partial charge < -0.3 is 19.2 Å². The molecular weight excluding hydrogens is 484 g/mol. The molecule has 1 N–H and O–H groups in total. The van der Waals surface area contributed by atoms with E-state index in [-0.39, 0.29) is 29.5 Å². The number of carbonyl (C=O) groups excluding carboxylic acids is 1. The largest absolute Gasteiger partial charge is 0.486 e. The lowest BCUT2D eigenvalue weighted by atomic mass is 10.1. The lowest BCUT2D eigenvalue weighted by Crippen LogP contribution is -2.11. The van der Waals surface area contributed by atoms with Gasteiger partial charge in [-0.1, -0.05) is 17.7 Å². The highest BCUT2D eigenvalue weighted by Gasteiger charge is 2.17. The molecule has 0 radical (unpaired) electrons. The summed E-state index contributed by atoms with van der Waals surface area (Å²) in [5.74, 6) is 1.29. The predicted molar refractivity (Wildman–Crippen MR) is 136 cm³/mol. The van der Waals surface area contributed by atoms with E-state index >= 15 is 0 Å². The van der Waals surface area contributed by atoms with E-state index in [0.29, 0.717) is 22.3 Å². The number of anilines is 1. The lowest BCUT2D eigenvalue weighted by Gasteiger charge is -2.11. The third-order valence-corrected chi connectivity index (χ3v) is 5.70. The first-order valence-electron chi connectivity index (χ1n) is 11.0. The number of hydrogen-bond acceptors (Lipinski definition) is 6. The van der Waals surface area contributed by atoms with Gasteiger partial charge >= 0.3 is 0 Å². The Kier molecular flexibility index (Phi) is 7.26. The zero-order chi connectivity index (χ0) is 25.8. The van der Waals surface area contributed by atoms with Crippen molar-refractivity contribution in [1.29, 1.82) is 0 Å². The van der Waals surface area contributed by atoms with Crippen molar-refractivity contribution in [1.82, 2.24) is 0 Å². The monoisotopic (exact) mass is 506 g/mol. The van der Waals surface area contributed by atoms with E-state index in [2.05, 4.69) is 5.32 Å². The molecule has 0 fully saturated rings. The van der Waals surface area contributed by atoms with Gasteiger partial charge in [-0.05, 0) is 79.9 Å². The molecule has 0 aliphatic heterocycles. The molecule has 0 saturated heterocycles.